The van der Waals surface area contributed by atoms with Gasteiger partial charge in [-0.3, -0.25) is 4.68 Å². The average molecular weight is 412 g/mol. The molecule has 0 atom stereocenters. The summed E-state index contributed by atoms with van der Waals surface area (Å²) in [6.07, 6.45) is 9.93. The number of hydrogen-bond acceptors (Lipinski definition) is 5. The van der Waals surface area contributed by atoms with Crippen molar-refractivity contribution >= 4 is 16.9 Å². The van der Waals surface area contributed by atoms with Crippen LogP contribution in [0.4, 0.5) is 5.69 Å². The Morgan fingerprint density at radius 1 is 1.03 bits per heavy atom. The number of benzene rings is 1. The van der Waals surface area contributed by atoms with Gasteiger partial charge in [-0.05, 0) is 35.7 Å². The third-order valence-electron chi connectivity index (χ3n) is 5.35. The first-order chi connectivity index (χ1) is 15.2. The summed E-state index contributed by atoms with van der Waals surface area (Å²) >= 11 is 0. The van der Waals surface area contributed by atoms with Crippen molar-refractivity contribution in [3.8, 4) is 11.1 Å². The number of aromatic nitrogens is 5. The van der Waals surface area contributed by atoms with E-state index in [1.54, 1.807) is 12.5 Å². The topological polar surface area (TPSA) is 84.6 Å². The number of H-pyrrole nitrogens is 1. The molecule has 0 saturated heterocycles. The minimum absolute atomic E-state index is 0.736. The van der Waals surface area contributed by atoms with Crippen molar-refractivity contribution in [1.29, 1.82) is 0 Å². The van der Waals surface area contributed by atoms with Gasteiger partial charge in [0.2, 0.25) is 0 Å². The number of furan rings is 1. The van der Waals surface area contributed by atoms with Crippen LogP contribution in [0.25, 0.3) is 22.3 Å². The van der Waals surface area contributed by atoms with Crippen LogP contribution < -0.4 is 5.32 Å². The number of hydrogen-bond donors (Lipinski definition) is 2. The Balaban J connectivity index is 1.21. The van der Waals surface area contributed by atoms with Gasteiger partial charge in [-0.25, -0.2) is 9.97 Å². The summed E-state index contributed by atoms with van der Waals surface area (Å²) in [4.78, 5) is 12.4. The highest BCUT2D eigenvalue weighted by atomic mass is 16.3. The number of aryl methyl sites for hydroxylation is 3. The van der Waals surface area contributed by atoms with Crippen molar-refractivity contribution in [2.75, 3.05) is 11.9 Å². The number of nitrogens with zero attached hydrogens (tertiary/aromatic N) is 4. The molecule has 4 aromatic heterocycles. The van der Waals surface area contributed by atoms with Gasteiger partial charge in [0.25, 0.3) is 0 Å². The first-order valence-electron chi connectivity index (χ1n) is 10.4. The normalized spacial score (nSPS) is 11.3. The standard InChI is InChI=1S/C24H24N6O/c1-30-16-19(15-27-30)18-6-4-17(5-7-18)10-12-25-21-11-13-26-24-23(21)28-22(29-24)9-8-20-3-2-14-31-20/h2-7,11,13-16H,8-10,12H2,1H3,(H2,25,26,28,29). The summed E-state index contributed by atoms with van der Waals surface area (Å²) in [6.45, 7) is 0.825. The van der Waals surface area contributed by atoms with E-state index in [2.05, 4.69) is 49.6 Å². The van der Waals surface area contributed by atoms with Crippen LogP contribution >= 0.6 is 0 Å². The quantitative estimate of drug-likeness (QED) is 0.395. The molecule has 156 valence electrons. The van der Waals surface area contributed by atoms with Crippen LogP contribution in [0.15, 0.2) is 71.7 Å². The van der Waals surface area contributed by atoms with E-state index in [4.69, 9.17) is 4.42 Å². The maximum absolute atomic E-state index is 5.41. The number of fused-ring (bicyclic) bond motifs is 1. The summed E-state index contributed by atoms with van der Waals surface area (Å²) in [5.41, 5.74) is 6.31. The van der Waals surface area contributed by atoms with Gasteiger partial charge in [-0.2, -0.15) is 5.10 Å². The van der Waals surface area contributed by atoms with Crippen LogP contribution in [-0.4, -0.2) is 31.3 Å². The highest BCUT2D eigenvalue weighted by molar-refractivity contribution is 5.85. The van der Waals surface area contributed by atoms with E-state index in [0.717, 1.165) is 59.8 Å². The molecule has 0 amide bonds. The van der Waals surface area contributed by atoms with Crippen molar-refractivity contribution in [1.82, 2.24) is 24.7 Å². The molecule has 5 aromatic rings. The van der Waals surface area contributed by atoms with E-state index < -0.39 is 0 Å². The van der Waals surface area contributed by atoms with Crippen LogP contribution in [0.2, 0.25) is 0 Å². The molecule has 31 heavy (non-hydrogen) atoms. The van der Waals surface area contributed by atoms with E-state index in [9.17, 15) is 0 Å². The van der Waals surface area contributed by atoms with Gasteiger partial charge < -0.3 is 14.7 Å². The average Bonchev–Trinajstić information content (AvgIpc) is 3.54. The number of imidazole rings is 1. The summed E-state index contributed by atoms with van der Waals surface area (Å²) < 4.78 is 7.23. The highest BCUT2D eigenvalue weighted by Gasteiger charge is 2.09. The fourth-order valence-corrected chi connectivity index (χ4v) is 3.70. The molecule has 4 heterocycles. The lowest BCUT2D eigenvalue weighted by atomic mass is 10.1. The van der Waals surface area contributed by atoms with Crippen LogP contribution in [0, 0.1) is 0 Å². The molecule has 0 aliphatic heterocycles. The number of pyridine rings is 1. The molecule has 2 N–H and O–H groups in total. The summed E-state index contributed by atoms with van der Waals surface area (Å²) in [5, 5.41) is 7.76. The third kappa shape index (κ3) is 4.35. The Morgan fingerprint density at radius 3 is 2.71 bits per heavy atom. The molecular weight excluding hydrogens is 388 g/mol. The molecule has 0 bridgehead atoms. The van der Waals surface area contributed by atoms with Gasteiger partial charge in [-0.1, -0.05) is 24.3 Å². The van der Waals surface area contributed by atoms with Crippen molar-refractivity contribution in [2.24, 2.45) is 7.05 Å². The minimum atomic E-state index is 0.736. The lowest BCUT2D eigenvalue weighted by molar-refractivity contribution is 0.507. The van der Waals surface area contributed by atoms with Crippen LogP contribution in [0.5, 0.6) is 0 Å². The number of anilines is 1. The zero-order chi connectivity index (χ0) is 21.0. The predicted molar refractivity (Wildman–Crippen MR) is 121 cm³/mol. The van der Waals surface area contributed by atoms with Crippen LogP contribution in [0.3, 0.4) is 0 Å². The fourth-order valence-electron chi connectivity index (χ4n) is 3.70. The predicted octanol–water partition coefficient (Wildman–Crippen LogP) is 4.39. The lowest BCUT2D eigenvalue weighted by Crippen LogP contribution is -2.05. The Kier molecular flexibility index (Phi) is 5.22. The van der Waals surface area contributed by atoms with Crippen molar-refractivity contribution in [3.05, 3.63) is 84.5 Å². The molecule has 7 nitrogen and oxygen atoms in total. The van der Waals surface area contributed by atoms with Crippen molar-refractivity contribution in [2.45, 2.75) is 19.3 Å². The summed E-state index contributed by atoms with van der Waals surface area (Å²) in [6, 6.07) is 14.5. The number of aromatic amines is 1. The molecule has 0 fully saturated rings. The minimum Gasteiger partial charge on any atom is -0.469 e. The second-order valence-electron chi connectivity index (χ2n) is 7.60. The van der Waals surface area contributed by atoms with E-state index in [-0.39, 0.29) is 0 Å². The molecule has 0 spiro atoms. The van der Waals surface area contributed by atoms with E-state index in [1.807, 2.05) is 42.3 Å². The molecule has 1 aromatic carbocycles. The molecular formula is C24H24N6O. The van der Waals surface area contributed by atoms with Gasteiger partial charge in [0.15, 0.2) is 5.65 Å². The molecule has 0 unspecified atom stereocenters. The first-order valence-corrected chi connectivity index (χ1v) is 10.4. The Morgan fingerprint density at radius 2 is 1.94 bits per heavy atom. The number of rotatable bonds is 8. The van der Waals surface area contributed by atoms with E-state index >= 15 is 0 Å². The number of nitrogens with one attached hydrogen (secondary N) is 2. The fraction of sp³-hybridized carbons (Fsp3) is 0.208. The monoisotopic (exact) mass is 412 g/mol. The molecule has 0 aliphatic carbocycles. The van der Waals surface area contributed by atoms with Gasteiger partial charge in [0, 0.05) is 44.4 Å². The molecule has 5 rings (SSSR count). The van der Waals surface area contributed by atoms with E-state index in [1.165, 1.54) is 11.1 Å². The highest BCUT2D eigenvalue weighted by Crippen LogP contribution is 2.21. The van der Waals surface area contributed by atoms with E-state index in [0.29, 0.717) is 0 Å². The second-order valence-corrected chi connectivity index (χ2v) is 7.60. The Labute approximate surface area is 180 Å². The molecule has 7 heteroatoms. The second kappa shape index (κ2) is 8.47. The molecule has 0 saturated carbocycles. The zero-order valence-corrected chi connectivity index (χ0v) is 17.4. The van der Waals surface area contributed by atoms with Gasteiger partial charge in [0.05, 0.1) is 18.1 Å². The van der Waals surface area contributed by atoms with Gasteiger partial charge in [0.1, 0.15) is 17.1 Å². The Bertz CT molecular complexity index is 1270. The van der Waals surface area contributed by atoms with Crippen LogP contribution in [-0.2, 0) is 26.3 Å². The maximum atomic E-state index is 5.41. The molecule has 0 aliphatic rings. The van der Waals surface area contributed by atoms with Crippen molar-refractivity contribution in [3.63, 3.8) is 0 Å². The smallest absolute Gasteiger partial charge is 0.179 e. The van der Waals surface area contributed by atoms with Crippen molar-refractivity contribution < 1.29 is 4.42 Å². The SMILES string of the molecule is Cn1cc(-c2ccc(CCNc3ccnc4nc(CCc5ccco5)[nH]c34)cc2)cn1. The lowest BCUT2D eigenvalue weighted by Gasteiger charge is -2.07. The third-order valence-corrected chi connectivity index (χ3v) is 5.35. The molecule has 0 radical (unpaired) electrons. The van der Waals surface area contributed by atoms with Gasteiger partial charge >= 0.3 is 0 Å². The summed E-state index contributed by atoms with van der Waals surface area (Å²) in [5.74, 6) is 1.88. The van der Waals surface area contributed by atoms with Gasteiger partial charge in [-0.15, -0.1) is 0 Å². The Hall–Kier alpha value is -3.87. The van der Waals surface area contributed by atoms with Crippen LogP contribution in [0.1, 0.15) is 17.1 Å². The zero-order valence-electron chi connectivity index (χ0n) is 17.4. The maximum Gasteiger partial charge on any atom is 0.179 e. The summed E-state index contributed by atoms with van der Waals surface area (Å²) in [7, 11) is 1.93. The first kappa shape index (κ1) is 19.1. The largest absolute Gasteiger partial charge is 0.469 e.